The van der Waals surface area contributed by atoms with Crippen molar-refractivity contribution in [3.05, 3.63) is 0 Å². The summed E-state index contributed by atoms with van der Waals surface area (Å²) < 4.78 is 0. The van der Waals surface area contributed by atoms with Gasteiger partial charge in [-0.15, -0.1) is 0 Å². The SMILES string of the molecule is CCCC1CCN(CC(C)(CO)NCC)C1. The largest absolute Gasteiger partial charge is 0.394 e. The quantitative estimate of drug-likeness (QED) is 0.692. The fraction of sp³-hybridized carbons (Fsp3) is 1.00. The van der Waals surface area contributed by atoms with Gasteiger partial charge in [0.05, 0.1) is 12.1 Å². The minimum absolute atomic E-state index is 0.129. The molecule has 1 saturated heterocycles. The summed E-state index contributed by atoms with van der Waals surface area (Å²) in [6.07, 6.45) is 3.98. The van der Waals surface area contributed by atoms with E-state index in [9.17, 15) is 5.11 Å². The van der Waals surface area contributed by atoms with Crippen LogP contribution in [0.2, 0.25) is 0 Å². The van der Waals surface area contributed by atoms with Crippen LogP contribution in [0.3, 0.4) is 0 Å². The van der Waals surface area contributed by atoms with Crippen molar-refractivity contribution in [1.29, 1.82) is 0 Å². The highest BCUT2D eigenvalue weighted by Crippen LogP contribution is 2.22. The summed E-state index contributed by atoms with van der Waals surface area (Å²) in [5, 5.41) is 12.8. The fourth-order valence-corrected chi connectivity index (χ4v) is 2.78. The van der Waals surface area contributed by atoms with Gasteiger partial charge in [0.25, 0.3) is 0 Å². The molecule has 1 aliphatic heterocycles. The van der Waals surface area contributed by atoms with Crippen molar-refractivity contribution >= 4 is 0 Å². The van der Waals surface area contributed by atoms with E-state index in [0.29, 0.717) is 0 Å². The number of aliphatic hydroxyl groups excluding tert-OH is 1. The van der Waals surface area contributed by atoms with Gasteiger partial charge < -0.3 is 15.3 Å². The Balaban J connectivity index is 2.36. The first kappa shape index (κ1) is 13.9. The molecule has 0 aromatic heterocycles. The smallest absolute Gasteiger partial charge is 0.0623 e. The number of likely N-dealkylation sites (N-methyl/N-ethyl adjacent to an activating group) is 1. The molecule has 2 N–H and O–H groups in total. The minimum Gasteiger partial charge on any atom is -0.394 e. The van der Waals surface area contributed by atoms with E-state index in [0.717, 1.165) is 19.0 Å². The van der Waals surface area contributed by atoms with Crippen molar-refractivity contribution in [2.75, 3.05) is 32.8 Å². The molecule has 0 aromatic carbocycles. The number of nitrogens with zero attached hydrogens (tertiary/aromatic N) is 1. The van der Waals surface area contributed by atoms with Crippen molar-refractivity contribution in [1.82, 2.24) is 10.2 Å². The molecule has 1 aliphatic rings. The van der Waals surface area contributed by atoms with Crippen LogP contribution in [0.1, 0.15) is 40.0 Å². The Hall–Kier alpha value is -0.120. The van der Waals surface area contributed by atoms with E-state index in [1.54, 1.807) is 0 Å². The van der Waals surface area contributed by atoms with Crippen LogP contribution in [0.25, 0.3) is 0 Å². The van der Waals surface area contributed by atoms with E-state index in [1.165, 1.54) is 32.4 Å². The minimum atomic E-state index is -0.129. The Morgan fingerprint density at radius 2 is 2.19 bits per heavy atom. The Morgan fingerprint density at radius 3 is 2.75 bits per heavy atom. The fourth-order valence-electron chi connectivity index (χ4n) is 2.78. The molecule has 0 radical (unpaired) electrons. The van der Waals surface area contributed by atoms with Crippen molar-refractivity contribution < 1.29 is 5.11 Å². The lowest BCUT2D eigenvalue weighted by Crippen LogP contribution is -2.53. The third-order valence-electron chi connectivity index (χ3n) is 3.59. The summed E-state index contributed by atoms with van der Waals surface area (Å²) in [6.45, 7) is 11.0. The van der Waals surface area contributed by atoms with Gasteiger partial charge in [0.15, 0.2) is 0 Å². The first-order chi connectivity index (χ1) is 7.63. The van der Waals surface area contributed by atoms with Gasteiger partial charge in [0, 0.05) is 13.1 Å². The second-order valence-electron chi connectivity index (χ2n) is 5.43. The number of hydrogen-bond acceptors (Lipinski definition) is 3. The van der Waals surface area contributed by atoms with Crippen molar-refractivity contribution in [3.8, 4) is 0 Å². The molecule has 0 spiro atoms. The molecular weight excluding hydrogens is 200 g/mol. The first-order valence-corrected chi connectivity index (χ1v) is 6.71. The molecule has 96 valence electrons. The Bertz CT molecular complexity index is 198. The van der Waals surface area contributed by atoms with Crippen LogP contribution in [0.4, 0.5) is 0 Å². The zero-order valence-electron chi connectivity index (χ0n) is 11.1. The van der Waals surface area contributed by atoms with Crippen LogP contribution >= 0.6 is 0 Å². The van der Waals surface area contributed by atoms with Crippen molar-refractivity contribution in [2.24, 2.45) is 5.92 Å². The van der Waals surface area contributed by atoms with Gasteiger partial charge in [0.2, 0.25) is 0 Å². The maximum Gasteiger partial charge on any atom is 0.0623 e. The van der Waals surface area contributed by atoms with Crippen LogP contribution in [0, 0.1) is 5.92 Å². The predicted molar refractivity (Wildman–Crippen MR) is 68.6 cm³/mol. The first-order valence-electron chi connectivity index (χ1n) is 6.71. The van der Waals surface area contributed by atoms with E-state index in [2.05, 4.69) is 31.0 Å². The standard InChI is InChI=1S/C13H28N2O/c1-4-6-12-7-8-15(9-12)10-13(3,11-16)14-5-2/h12,14,16H,4-11H2,1-3H3. The van der Waals surface area contributed by atoms with Crippen LogP contribution in [-0.2, 0) is 0 Å². The number of hydrogen-bond donors (Lipinski definition) is 2. The summed E-state index contributed by atoms with van der Waals surface area (Å²) in [7, 11) is 0. The van der Waals surface area contributed by atoms with Gasteiger partial charge in [-0.3, -0.25) is 0 Å². The average Bonchev–Trinajstić information content (AvgIpc) is 2.66. The maximum absolute atomic E-state index is 9.46. The Labute approximate surface area is 100 Å². The van der Waals surface area contributed by atoms with Crippen LogP contribution < -0.4 is 5.32 Å². The molecule has 0 saturated carbocycles. The highest BCUT2D eigenvalue weighted by atomic mass is 16.3. The van der Waals surface area contributed by atoms with Gasteiger partial charge in [-0.1, -0.05) is 20.3 Å². The summed E-state index contributed by atoms with van der Waals surface area (Å²) in [4.78, 5) is 2.50. The van der Waals surface area contributed by atoms with E-state index >= 15 is 0 Å². The summed E-state index contributed by atoms with van der Waals surface area (Å²) in [6, 6.07) is 0. The molecule has 3 nitrogen and oxygen atoms in total. The molecule has 0 aliphatic carbocycles. The van der Waals surface area contributed by atoms with E-state index in [4.69, 9.17) is 0 Å². The average molecular weight is 228 g/mol. The van der Waals surface area contributed by atoms with E-state index in [1.807, 2.05) is 0 Å². The topological polar surface area (TPSA) is 35.5 Å². The number of rotatable bonds is 7. The molecule has 3 heteroatoms. The summed E-state index contributed by atoms with van der Waals surface area (Å²) in [5.74, 6) is 0.884. The molecule has 1 heterocycles. The van der Waals surface area contributed by atoms with Crippen LogP contribution in [0.15, 0.2) is 0 Å². The molecule has 1 fully saturated rings. The second-order valence-corrected chi connectivity index (χ2v) is 5.43. The normalized spacial score (nSPS) is 25.9. The molecular formula is C13H28N2O. The zero-order chi connectivity index (χ0) is 12.0. The number of aliphatic hydroxyl groups is 1. The maximum atomic E-state index is 9.46. The molecule has 0 aromatic rings. The van der Waals surface area contributed by atoms with Gasteiger partial charge in [-0.2, -0.15) is 0 Å². The van der Waals surface area contributed by atoms with Gasteiger partial charge in [-0.05, 0) is 38.8 Å². The number of likely N-dealkylation sites (tertiary alicyclic amines) is 1. The third kappa shape index (κ3) is 4.04. The highest BCUT2D eigenvalue weighted by Gasteiger charge is 2.29. The molecule has 2 atom stereocenters. The van der Waals surface area contributed by atoms with Gasteiger partial charge in [0.1, 0.15) is 0 Å². The Morgan fingerprint density at radius 1 is 1.44 bits per heavy atom. The highest BCUT2D eigenvalue weighted by molar-refractivity contribution is 4.88. The molecule has 0 bridgehead atoms. The molecule has 1 rings (SSSR count). The lowest BCUT2D eigenvalue weighted by molar-refractivity contribution is 0.131. The van der Waals surface area contributed by atoms with E-state index in [-0.39, 0.29) is 12.1 Å². The second kappa shape index (κ2) is 6.58. The third-order valence-corrected chi connectivity index (χ3v) is 3.59. The van der Waals surface area contributed by atoms with Gasteiger partial charge >= 0.3 is 0 Å². The lowest BCUT2D eigenvalue weighted by Gasteiger charge is -2.33. The van der Waals surface area contributed by atoms with Crippen molar-refractivity contribution in [2.45, 2.75) is 45.6 Å². The van der Waals surface area contributed by atoms with Gasteiger partial charge in [-0.25, -0.2) is 0 Å². The monoisotopic (exact) mass is 228 g/mol. The van der Waals surface area contributed by atoms with E-state index < -0.39 is 0 Å². The van der Waals surface area contributed by atoms with Crippen LogP contribution in [-0.4, -0.2) is 48.3 Å². The zero-order valence-corrected chi connectivity index (χ0v) is 11.1. The number of nitrogens with one attached hydrogen (secondary N) is 1. The lowest BCUT2D eigenvalue weighted by atomic mass is 10.0. The Kier molecular flexibility index (Phi) is 5.73. The summed E-state index contributed by atoms with van der Waals surface area (Å²) in [5.41, 5.74) is -0.129. The predicted octanol–water partition coefficient (Wildman–Crippen LogP) is 1.47. The molecule has 0 amide bonds. The van der Waals surface area contributed by atoms with Crippen LogP contribution in [0.5, 0.6) is 0 Å². The molecule has 16 heavy (non-hydrogen) atoms. The van der Waals surface area contributed by atoms with Crippen molar-refractivity contribution in [3.63, 3.8) is 0 Å². The molecule has 2 unspecified atom stereocenters. The summed E-state index contributed by atoms with van der Waals surface area (Å²) >= 11 is 0.